The lowest BCUT2D eigenvalue weighted by molar-refractivity contribution is -0.131. The van der Waals surface area contributed by atoms with Crippen LogP contribution in [-0.4, -0.2) is 27.3 Å². The molecule has 2 aromatic rings. The van der Waals surface area contributed by atoms with Crippen molar-refractivity contribution in [2.24, 2.45) is 5.73 Å². The minimum absolute atomic E-state index is 0. The smallest absolute Gasteiger partial charge is 0.237 e. The summed E-state index contributed by atoms with van der Waals surface area (Å²) in [5.74, 6) is -0.110. The largest absolute Gasteiger partial charge is 0.330 e. The maximum Gasteiger partial charge on any atom is 0.237 e. The highest BCUT2D eigenvalue weighted by molar-refractivity contribution is 5.86. The van der Waals surface area contributed by atoms with Crippen molar-refractivity contribution in [3.63, 3.8) is 0 Å². The minimum Gasteiger partial charge on any atom is -0.330 e. The molecule has 0 aliphatic heterocycles. The molecule has 0 unspecified atom stereocenters. The third kappa shape index (κ3) is 7.45. The first kappa shape index (κ1) is 24.8. The van der Waals surface area contributed by atoms with Gasteiger partial charge in [-0.15, -0.1) is 37.2 Å². The maximum atomic E-state index is 12.0. The molecule has 0 aliphatic carbocycles. The highest BCUT2D eigenvalue weighted by atomic mass is 35.5. The van der Waals surface area contributed by atoms with Crippen LogP contribution in [0.3, 0.4) is 0 Å². The van der Waals surface area contributed by atoms with Crippen molar-refractivity contribution in [3.8, 4) is 0 Å². The number of hydrogen-bond acceptors (Lipinski definition) is 4. The second-order valence-electron chi connectivity index (χ2n) is 4.99. The Kier molecular flexibility index (Phi) is 12.5. The molecule has 5 nitrogen and oxygen atoms in total. The molecule has 0 aromatic carbocycles. The van der Waals surface area contributed by atoms with Crippen molar-refractivity contribution in [3.05, 3.63) is 59.2 Å². The van der Waals surface area contributed by atoms with Crippen LogP contribution in [0.1, 0.15) is 22.8 Å². The average molecular weight is 394 g/mol. The van der Waals surface area contributed by atoms with Crippen LogP contribution in [0.5, 0.6) is 0 Å². The summed E-state index contributed by atoms with van der Waals surface area (Å²) in [7, 11) is 0. The number of carbonyl (C=O) groups excluding carboxylic acids is 1. The SMILES string of the molecule is Cc1cccc(CN(Cc2cccc(C)n2)C(=O)CN)n1.Cl.Cl.Cl. The van der Waals surface area contributed by atoms with Crippen molar-refractivity contribution in [1.82, 2.24) is 14.9 Å². The summed E-state index contributed by atoms with van der Waals surface area (Å²) in [6.45, 7) is 4.72. The average Bonchev–Trinajstić information content (AvgIpc) is 2.46. The zero-order valence-electron chi connectivity index (χ0n) is 13.6. The second kappa shape index (κ2) is 12.0. The first-order valence-electron chi connectivity index (χ1n) is 6.91. The highest BCUT2D eigenvalue weighted by Crippen LogP contribution is 2.09. The molecule has 0 radical (unpaired) electrons. The lowest BCUT2D eigenvalue weighted by Gasteiger charge is -2.21. The molecule has 2 heterocycles. The van der Waals surface area contributed by atoms with Gasteiger partial charge in [-0.25, -0.2) is 0 Å². The van der Waals surface area contributed by atoms with E-state index in [0.29, 0.717) is 13.1 Å². The molecule has 0 saturated carbocycles. The quantitative estimate of drug-likeness (QED) is 0.848. The molecule has 0 fully saturated rings. The van der Waals surface area contributed by atoms with Gasteiger partial charge in [-0.1, -0.05) is 12.1 Å². The number of rotatable bonds is 5. The van der Waals surface area contributed by atoms with Crippen LogP contribution in [0.2, 0.25) is 0 Å². The topological polar surface area (TPSA) is 72.1 Å². The number of carbonyl (C=O) groups is 1. The number of nitrogens with two attached hydrogens (primary N) is 1. The van der Waals surface area contributed by atoms with Crippen molar-refractivity contribution in [2.75, 3.05) is 6.54 Å². The molecule has 1 amide bonds. The minimum atomic E-state index is -0.110. The van der Waals surface area contributed by atoms with E-state index in [1.807, 2.05) is 50.2 Å². The molecule has 0 spiro atoms. The van der Waals surface area contributed by atoms with Crippen molar-refractivity contribution in [2.45, 2.75) is 26.9 Å². The van der Waals surface area contributed by atoms with E-state index >= 15 is 0 Å². The molecule has 0 atom stereocenters. The van der Waals surface area contributed by atoms with E-state index in [1.54, 1.807) is 4.90 Å². The standard InChI is InChI=1S/C16H20N4O.3ClH/c1-12-5-3-7-14(18-12)10-20(16(21)9-17)11-15-8-4-6-13(2)19-15;;;/h3-8H,9-11,17H2,1-2H3;3*1H. The molecule has 0 aliphatic rings. The Morgan fingerprint density at radius 3 is 1.67 bits per heavy atom. The van der Waals surface area contributed by atoms with E-state index < -0.39 is 0 Å². The maximum absolute atomic E-state index is 12.0. The van der Waals surface area contributed by atoms with Gasteiger partial charge in [0.2, 0.25) is 5.91 Å². The number of aryl methyl sites for hydroxylation is 2. The summed E-state index contributed by atoms with van der Waals surface area (Å²) >= 11 is 0. The van der Waals surface area contributed by atoms with Crippen molar-refractivity contribution in [1.29, 1.82) is 0 Å². The first-order valence-corrected chi connectivity index (χ1v) is 6.91. The Bertz CT molecular complexity index is 593. The van der Waals surface area contributed by atoms with E-state index in [2.05, 4.69) is 9.97 Å². The molecule has 2 rings (SSSR count). The molecular weight excluding hydrogens is 371 g/mol. The van der Waals surface area contributed by atoms with Crippen LogP contribution in [0.4, 0.5) is 0 Å². The number of aromatic nitrogens is 2. The predicted octanol–water partition coefficient (Wildman–Crippen LogP) is 2.85. The molecule has 8 heteroatoms. The second-order valence-corrected chi connectivity index (χ2v) is 4.99. The van der Waals surface area contributed by atoms with Gasteiger partial charge in [-0.3, -0.25) is 14.8 Å². The number of pyridine rings is 2. The van der Waals surface area contributed by atoms with Gasteiger partial charge in [0.25, 0.3) is 0 Å². The Hall–Kier alpha value is -1.40. The third-order valence-electron chi connectivity index (χ3n) is 3.13. The Morgan fingerprint density at radius 1 is 0.917 bits per heavy atom. The van der Waals surface area contributed by atoms with E-state index in [1.165, 1.54) is 0 Å². The Labute approximate surface area is 161 Å². The normalized spacial score (nSPS) is 9.12. The number of hydrogen-bond donors (Lipinski definition) is 1. The van der Waals surface area contributed by atoms with Crippen LogP contribution in [-0.2, 0) is 17.9 Å². The van der Waals surface area contributed by atoms with E-state index in [9.17, 15) is 4.79 Å². The predicted molar refractivity (Wildman–Crippen MR) is 103 cm³/mol. The molecular formula is C16H23Cl3N4O. The van der Waals surface area contributed by atoms with Crippen molar-refractivity contribution < 1.29 is 4.79 Å². The Balaban J connectivity index is 0. The van der Waals surface area contributed by atoms with Gasteiger partial charge < -0.3 is 10.6 Å². The van der Waals surface area contributed by atoms with Gasteiger partial charge in [-0.05, 0) is 38.1 Å². The van der Waals surface area contributed by atoms with Gasteiger partial charge in [0, 0.05) is 11.4 Å². The monoisotopic (exact) mass is 392 g/mol. The lowest BCUT2D eigenvalue weighted by Crippen LogP contribution is -2.35. The van der Waals surface area contributed by atoms with E-state index in [0.717, 1.165) is 22.8 Å². The summed E-state index contributed by atoms with van der Waals surface area (Å²) in [4.78, 5) is 22.6. The van der Waals surface area contributed by atoms with Gasteiger partial charge in [-0.2, -0.15) is 0 Å². The number of nitrogens with zero attached hydrogens (tertiary/aromatic N) is 3. The molecule has 2 N–H and O–H groups in total. The van der Waals surface area contributed by atoms with E-state index in [-0.39, 0.29) is 49.7 Å². The third-order valence-corrected chi connectivity index (χ3v) is 3.13. The lowest BCUT2D eigenvalue weighted by atomic mass is 10.2. The molecule has 134 valence electrons. The molecule has 0 saturated heterocycles. The van der Waals surface area contributed by atoms with Gasteiger partial charge in [0.05, 0.1) is 31.0 Å². The summed E-state index contributed by atoms with van der Waals surface area (Å²) < 4.78 is 0. The fourth-order valence-electron chi connectivity index (χ4n) is 2.13. The number of amides is 1. The zero-order chi connectivity index (χ0) is 15.2. The molecule has 24 heavy (non-hydrogen) atoms. The summed E-state index contributed by atoms with van der Waals surface area (Å²) in [6, 6.07) is 11.6. The molecule has 2 aromatic heterocycles. The van der Waals surface area contributed by atoms with Crippen molar-refractivity contribution >= 4 is 43.1 Å². The first-order chi connectivity index (χ1) is 10.1. The number of halogens is 3. The van der Waals surface area contributed by atoms with Gasteiger partial charge in [0.1, 0.15) is 0 Å². The van der Waals surface area contributed by atoms with E-state index in [4.69, 9.17) is 5.73 Å². The van der Waals surface area contributed by atoms with Crippen LogP contribution >= 0.6 is 37.2 Å². The van der Waals surface area contributed by atoms with Gasteiger partial charge >= 0.3 is 0 Å². The fraction of sp³-hybridized carbons (Fsp3) is 0.312. The Morgan fingerprint density at radius 2 is 1.33 bits per heavy atom. The molecule has 0 bridgehead atoms. The fourth-order valence-corrected chi connectivity index (χ4v) is 2.13. The van der Waals surface area contributed by atoms with Crippen LogP contribution in [0.25, 0.3) is 0 Å². The van der Waals surface area contributed by atoms with Crippen LogP contribution in [0.15, 0.2) is 36.4 Å². The highest BCUT2D eigenvalue weighted by Gasteiger charge is 2.14. The van der Waals surface area contributed by atoms with Crippen LogP contribution in [0, 0.1) is 13.8 Å². The van der Waals surface area contributed by atoms with Gasteiger partial charge in [0.15, 0.2) is 0 Å². The zero-order valence-corrected chi connectivity index (χ0v) is 16.1. The summed E-state index contributed by atoms with van der Waals surface area (Å²) in [6.07, 6.45) is 0. The summed E-state index contributed by atoms with van der Waals surface area (Å²) in [5, 5.41) is 0. The van der Waals surface area contributed by atoms with Crippen LogP contribution < -0.4 is 5.73 Å². The summed E-state index contributed by atoms with van der Waals surface area (Å²) in [5.41, 5.74) is 9.07.